The standard InChI is InChI=1S/C55H41NO/c1-55(2)50-15-9-8-14-47(50)48-31-30-45(35-51(48)55)56(43-26-20-39(21-27-43)38-18-16-37(17-19-38)36-10-4-3-5-11-36)44-28-22-40(23-29-44)42-25-32-52-49(34-42)54-46-13-7-6-12-41(46)24-33-53(54)57-52/h3-4,6-10,12-35H,5,11H2,1-2H3. The van der Waals surface area contributed by atoms with E-state index in [-0.39, 0.29) is 5.41 Å². The molecule has 2 nitrogen and oxygen atoms in total. The molecule has 57 heavy (non-hydrogen) atoms. The van der Waals surface area contributed by atoms with E-state index in [9.17, 15) is 0 Å². The van der Waals surface area contributed by atoms with E-state index < -0.39 is 0 Å². The van der Waals surface area contributed by atoms with Crippen molar-refractivity contribution >= 4 is 55.3 Å². The van der Waals surface area contributed by atoms with E-state index in [0.717, 1.165) is 46.5 Å². The Balaban J connectivity index is 0.982. The summed E-state index contributed by atoms with van der Waals surface area (Å²) in [6.45, 7) is 4.70. The molecule has 1 aromatic heterocycles. The fourth-order valence-corrected chi connectivity index (χ4v) is 9.33. The number of allylic oxidation sites excluding steroid dienone is 4. The minimum Gasteiger partial charge on any atom is -0.456 e. The molecule has 0 saturated heterocycles. The Morgan fingerprint density at radius 1 is 0.491 bits per heavy atom. The van der Waals surface area contributed by atoms with Crippen LogP contribution < -0.4 is 4.90 Å². The molecule has 2 aliphatic carbocycles. The monoisotopic (exact) mass is 731 g/mol. The van der Waals surface area contributed by atoms with E-state index in [1.165, 1.54) is 71.8 Å². The molecule has 2 aliphatic rings. The van der Waals surface area contributed by atoms with E-state index in [2.05, 4.69) is 207 Å². The van der Waals surface area contributed by atoms with Gasteiger partial charge in [0.1, 0.15) is 11.2 Å². The van der Waals surface area contributed by atoms with Gasteiger partial charge in [-0.1, -0.05) is 147 Å². The van der Waals surface area contributed by atoms with Gasteiger partial charge in [0.25, 0.3) is 0 Å². The third-order valence-corrected chi connectivity index (χ3v) is 12.4. The van der Waals surface area contributed by atoms with Crippen molar-refractivity contribution in [2.45, 2.75) is 32.1 Å². The topological polar surface area (TPSA) is 16.4 Å². The normalized spacial score (nSPS) is 14.2. The van der Waals surface area contributed by atoms with E-state index in [1.807, 2.05) is 0 Å². The molecule has 1 heterocycles. The van der Waals surface area contributed by atoms with Gasteiger partial charge in [0.2, 0.25) is 0 Å². The van der Waals surface area contributed by atoms with Gasteiger partial charge in [-0.15, -0.1) is 0 Å². The van der Waals surface area contributed by atoms with E-state index in [1.54, 1.807) is 0 Å². The third kappa shape index (κ3) is 5.55. The number of benzene rings is 8. The highest BCUT2D eigenvalue weighted by molar-refractivity contribution is 6.19. The lowest BCUT2D eigenvalue weighted by Gasteiger charge is -2.28. The summed E-state index contributed by atoms with van der Waals surface area (Å²) in [5, 5.41) is 4.76. The Morgan fingerprint density at radius 3 is 1.86 bits per heavy atom. The van der Waals surface area contributed by atoms with E-state index >= 15 is 0 Å². The number of furan rings is 1. The molecule has 0 aliphatic heterocycles. The van der Waals surface area contributed by atoms with Gasteiger partial charge in [-0.25, -0.2) is 0 Å². The van der Waals surface area contributed by atoms with Crippen LogP contribution in [0.4, 0.5) is 17.1 Å². The van der Waals surface area contributed by atoms with Gasteiger partial charge in [0, 0.05) is 33.2 Å². The highest BCUT2D eigenvalue weighted by Crippen LogP contribution is 2.51. The first-order valence-corrected chi connectivity index (χ1v) is 20.1. The number of hydrogen-bond donors (Lipinski definition) is 0. The summed E-state index contributed by atoms with van der Waals surface area (Å²) in [7, 11) is 0. The lowest BCUT2D eigenvalue weighted by Crippen LogP contribution is -2.16. The summed E-state index contributed by atoms with van der Waals surface area (Å²) in [5.74, 6) is 0. The summed E-state index contributed by atoms with van der Waals surface area (Å²) >= 11 is 0. The largest absolute Gasteiger partial charge is 0.456 e. The number of nitrogens with zero attached hydrogens (tertiary/aromatic N) is 1. The molecule has 0 atom stereocenters. The zero-order valence-corrected chi connectivity index (χ0v) is 32.2. The molecule has 272 valence electrons. The molecule has 0 spiro atoms. The van der Waals surface area contributed by atoms with Crippen LogP contribution in [0, 0.1) is 0 Å². The lowest BCUT2D eigenvalue weighted by molar-refractivity contribution is 0.660. The first-order chi connectivity index (χ1) is 28.0. The summed E-state index contributed by atoms with van der Waals surface area (Å²) in [6, 6.07) is 62.4. The maximum Gasteiger partial charge on any atom is 0.136 e. The molecule has 0 amide bonds. The fraction of sp³-hybridized carbons (Fsp3) is 0.0909. The van der Waals surface area contributed by atoms with Crippen molar-refractivity contribution < 1.29 is 4.42 Å². The smallest absolute Gasteiger partial charge is 0.136 e. The summed E-state index contributed by atoms with van der Waals surface area (Å²) < 4.78 is 6.32. The Kier molecular flexibility index (Phi) is 7.69. The molecule has 0 saturated carbocycles. The van der Waals surface area contributed by atoms with Crippen molar-refractivity contribution in [3.05, 3.63) is 205 Å². The highest BCUT2D eigenvalue weighted by atomic mass is 16.3. The van der Waals surface area contributed by atoms with Gasteiger partial charge in [-0.05, 0) is 134 Å². The van der Waals surface area contributed by atoms with Crippen LogP contribution in [-0.2, 0) is 5.41 Å². The molecule has 0 fully saturated rings. The van der Waals surface area contributed by atoms with Crippen molar-refractivity contribution in [2.75, 3.05) is 4.90 Å². The van der Waals surface area contributed by atoms with Crippen LogP contribution in [-0.4, -0.2) is 0 Å². The number of anilines is 3. The number of fused-ring (bicyclic) bond motifs is 8. The predicted molar refractivity (Wildman–Crippen MR) is 241 cm³/mol. The summed E-state index contributed by atoms with van der Waals surface area (Å²) in [5.41, 5.74) is 18.0. The first kappa shape index (κ1) is 33.4. The van der Waals surface area contributed by atoms with Crippen LogP contribution in [0.15, 0.2) is 193 Å². The van der Waals surface area contributed by atoms with Crippen LogP contribution >= 0.6 is 0 Å². The van der Waals surface area contributed by atoms with Crippen LogP contribution in [0.2, 0.25) is 0 Å². The molecular weight excluding hydrogens is 691 g/mol. The predicted octanol–water partition coefficient (Wildman–Crippen LogP) is 15.6. The Hall–Kier alpha value is -6.90. The van der Waals surface area contributed by atoms with Crippen LogP contribution in [0.5, 0.6) is 0 Å². The summed E-state index contributed by atoms with van der Waals surface area (Å²) in [4.78, 5) is 2.40. The molecular formula is C55H41NO. The second kappa shape index (κ2) is 13.1. The van der Waals surface area contributed by atoms with E-state index in [0.29, 0.717) is 0 Å². The Morgan fingerprint density at radius 2 is 1.11 bits per heavy atom. The molecule has 0 unspecified atom stereocenters. The van der Waals surface area contributed by atoms with Crippen molar-refractivity contribution in [2.24, 2.45) is 0 Å². The van der Waals surface area contributed by atoms with Crippen molar-refractivity contribution in [3.63, 3.8) is 0 Å². The Labute approximate surface area is 333 Å². The fourth-order valence-electron chi connectivity index (χ4n) is 9.33. The molecule has 0 radical (unpaired) electrons. The number of hydrogen-bond acceptors (Lipinski definition) is 2. The maximum absolute atomic E-state index is 6.32. The molecule has 9 aromatic rings. The van der Waals surface area contributed by atoms with Gasteiger partial charge >= 0.3 is 0 Å². The minimum atomic E-state index is -0.0985. The van der Waals surface area contributed by atoms with E-state index in [4.69, 9.17) is 4.42 Å². The molecule has 8 aromatic carbocycles. The number of rotatable bonds is 6. The highest BCUT2D eigenvalue weighted by Gasteiger charge is 2.35. The molecule has 11 rings (SSSR count). The molecule has 2 heteroatoms. The van der Waals surface area contributed by atoms with Crippen molar-refractivity contribution in [3.8, 4) is 33.4 Å². The van der Waals surface area contributed by atoms with Gasteiger partial charge in [0.15, 0.2) is 0 Å². The average Bonchev–Trinajstić information content (AvgIpc) is 3.76. The quantitative estimate of drug-likeness (QED) is 0.169. The third-order valence-electron chi connectivity index (χ3n) is 12.4. The maximum atomic E-state index is 6.32. The SMILES string of the molecule is CC1(C)c2ccccc2-c2ccc(N(c3ccc(-c4ccc(C5=CC=CCC5)cc4)cc3)c3ccc(-c4ccc5oc6ccc7ccccc7c6c5c4)cc3)cc21. The average molecular weight is 732 g/mol. The van der Waals surface area contributed by atoms with Gasteiger partial charge < -0.3 is 9.32 Å². The first-order valence-electron chi connectivity index (χ1n) is 20.1. The van der Waals surface area contributed by atoms with Crippen LogP contribution in [0.1, 0.15) is 43.4 Å². The zero-order chi connectivity index (χ0) is 38.1. The van der Waals surface area contributed by atoms with Crippen LogP contribution in [0.25, 0.3) is 71.7 Å². The zero-order valence-electron chi connectivity index (χ0n) is 32.2. The minimum absolute atomic E-state index is 0.0985. The lowest BCUT2D eigenvalue weighted by atomic mass is 9.82. The summed E-state index contributed by atoms with van der Waals surface area (Å²) in [6.07, 6.45) is 8.87. The van der Waals surface area contributed by atoms with Gasteiger partial charge in [0.05, 0.1) is 0 Å². The second-order valence-electron chi connectivity index (χ2n) is 16.0. The van der Waals surface area contributed by atoms with Crippen LogP contribution in [0.3, 0.4) is 0 Å². The van der Waals surface area contributed by atoms with Gasteiger partial charge in [-0.3, -0.25) is 0 Å². The molecule has 0 N–H and O–H groups in total. The van der Waals surface area contributed by atoms with Crippen molar-refractivity contribution in [1.82, 2.24) is 0 Å². The molecule has 0 bridgehead atoms. The van der Waals surface area contributed by atoms with Gasteiger partial charge in [-0.2, -0.15) is 0 Å². The van der Waals surface area contributed by atoms with Crippen molar-refractivity contribution in [1.29, 1.82) is 0 Å². The Bertz CT molecular complexity index is 3070. The second-order valence-corrected chi connectivity index (χ2v) is 16.0.